The van der Waals surface area contributed by atoms with E-state index >= 15 is 0 Å². The number of rotatable bonds is 5. The predicted octanol–water partition coefficient (Wildman–Crippen LogP) is 2.03. The highest BCUT2D eigenvalue weighted by atomic mass is 19.1. The number of halogens is 1. The van der Waals surface area contributed by atoms with E-state index in [2.05, 4.69) is 0 Å². The highest BCUT2D eigenvalue weighted by Gasteiger charge is 2.25. The van der Waals surface area contributed by atoms with Gasteiger partial charge in [0.15, 0.2) is 0 Å². The number of amides is 1. The fraction of sp³-hybridized carbons (Fsp3) is 0.462. The van der Waals surface area contributed by atoms with Crippen molar-refractivity contribution in [2.45, 2.75) is 19.9 Å². The van der Waals surface area contributed by atoms with Crippen molar-refractivity contribution >= 4 is 5.91 Å². The van der Waals surface area contributed by atoms with Gasteiger partial charge in [-0.3, -0.25) is 4.79 Å². The number of methoxy groups -OCH3 is 1. The number of nitrogens with zero attached hydrogens (tertiary/aromatic N) is 1. The zero-order valence-corrected chi connectivity index (χ0v) is 10.8. The van der Waals surface area contributed by atoms with Gasteiger partial charge in [0.25, 0.3) is 5.91 Å². The van der Waals surface area contributed by atoms with Gasteiger partial charge < -0.3 is 14.7 Å². The van der Waals surface area contributed by atoms with Crippen molar-refractivity contribution in [1.29, 1.82) is 0 Å². The van der Waals surface area contributed by atoms with Crippen LogP contribution in [0.5, 0.6) is 5.75 Å². The van der Waals surface area contributed by atoms with E-state index in [-0.39, 0.29) is 17.4 Å². The maximum Gasteiger partial charge on any atom is 0.260 e. The summed E-state index contributed by atoms with van der Waals surface area (Å²) >= 11 is 0. The summed E-state index contributed by atoms with van der Waals surface area (Å²) in [5.74, 6) is -1.59. The van der Waals surface area contributed by atoms with Gasteiger partial charge in [-0.25, -0.2) is 4.39 Å². The molecule has 0 aliphatic carbocycles. The van der Waals surface area contributed by atoms with Gasteiger partial charge >= 0.3 is 0 Å². The van der Waals surface area contributed by atoms with Crippen molar-refractivity contribution in [2.75, 3.05) is 20.3 Å². The molecule has 0 spiro atoms. The van der Waals surface area contributed by atoms with Crippen molar-refractivity contribution in [1.82, 2.24) is 4.90 Å². The molecule has 1 aromatic carbocycles. The van der Waals surface area contributed by atoms with Crippen LogP contribution >= 0.6 is 0 Å². The normalized spacial score (nSPS) is 12.2. The van der Waals surface area contributed by atoms with Gasteiger partial charge in [0.05, 0.1) is 12.6 Å². The molecule has 0 saturated heterocycles. The van der Waals surface area contributed by atoms with Gasteiger partial charge in [-0.15, -0.1) is 0 Å². The van der Waals surface area contributed by atoms with Gasteiger partial charge in [0.2, 0.25) is 0 Å². The third kappa shape index (κ3) is 2.98. The number of hydrogen-bond acceptors (Lipinski definition) is 3. The topological polar surface area (TPSA) is 49.8 Å². The minimum atomic E-state index is -0.719. The molecule has 0 heterocycles. The summed E-state index contributed by atoms with van der Waals surface area (Å²) in [5, 5.41) is 9.60. The largest absolute Gasteiger partial charge is 0.507 e. The molecule has 1 N–H and O–H groups in total. The number of phenols is 1. The summed E-state index contributed by atoms with van der Waals surface area (Å²) in [6.45, 7) is 4.37. The first-order chi connectivity index (χ1) is 8.52. The second kappa shape index (κ2) is 6.35. The number of phenolic OH excluding ortho intramolecular Hbond substituents is 1. The number of carbonyl (C=O) groups is 1. The SMILES string of the molecule is CCN(C(=O)c1c(O)cccc1F)C(C)COC. The Bertz CT molecular complexity index is 402. The molecule has 0 radical (unpaired) electrons. The number of hydrogen-bond donors (Lipinski definition) is 1. The molecule has 0 aliphatic heterocycles. The van der Waals surface area contributed by atoms with Crippen LogP contribution in [0.3, 0.4) is 0 Å². The first-order valence-electron chi connectivity index (χ1n) is 5.80. The molecule has 5 heteroatoms. The highest BCUT2D eigenvalue weighted by molar-refractivity contribution is 5.97. The third-order valence-corrected chi connectivity index (χ3v) is 2.75. The summed E-state index contributed by atoms with van der Waals surface area (Å²) in [5.41, 5.74) is -0.290. The predicted molar refractivity (Wildman–Crippen MR) is 66.1 cm³/mol. The van der Waals surface area contributed by atoms with Crippen LogP contribution in [0.2, 0.25) is 0 Å². The van der Waals surface area contributed by atoms with Gasteiger partial charge in [0.1, 0.15) is 17.1 Å². The van der Waals surface area contributed by atoms with E-state index < -0.39 is 11.7 Å². The molecule has 0 fully saturated rings. The standard InChI is InChI=1S/C13H18FNO3/c1-4-15(9(2)8-18-3)13(17)12-10(14)6-5-7-11(12)16/h5-7,9,16H,4,8H2,1-3H3. The van der Waals surface area contributed by atoms with Crippen LogP contribution in [0.1, 0.15) is 24.2 Å². The Balaban J connectivity index is 3.04. The monoisotopic (exact) mass is 255 g/mol. The fourth-order valence-electron chi connectivity index (χ4n) is 1.85. The molecule has 0 saturated carbocycles. The lowest BCUT2D eigenvalue weighted by Gasteiger charge is -2.27. The second-order valence-corrected chi connectivity index (χ2v) is 4.03. The average molecular weight is 255 g/mol. The van der Waals surface area contributed by atoms with E-state index in [1.54, 1.807) is 6.92 Å². The van der Waals surface area contributed by atoms with E-state index in [1.165, 1.54) is 24.1 Å². The molecular formula is C13H18FNO3. The third-order valence-electron chi connectivity index (χ3n) is 2.75. The molecule has 1 unspecified atom stereocenters. The van der Waals surface area contributed by atoms with E-state index in [9.17, 15) is 14.3 Å². The molecule has 1 atom stereocenters. The molecule has 0 bridgehead atoms. The maximum atomic E-state index is 13.6. The summed E-state index contributed by atoms with van der Waals surface area (Å²) in [4.78, 5) is 13.7. The van der Waals surface area contributed by atoms with Crippen LogP contribution in [0.4, 0.5) is 4.39 Å². The van der Waals surface area contributed by atoms with Crippen molar-refractivity contribution in [3.05, 3.63) is 29.6 Å². The van der Waals surface area contributed by atoms with Gasteiger partial charge in [-0.2, -0.15) is 0 Å². The zero-order valence-electron chi connectivity index (χ0n) is 10.8. The second-order valence-electron chi connectivity index (χ2n) is 4.03. The van der Waals surface area contributed by atoms with Crippen molar-refractivity contribution in [2.24, 2.45) is 0 Å². The minimum Gasteiger partial charge on any atom is -0.507 e. The smallest absolute Gasteiger partial charge is 0.260 e. The lowest BCUT2D eigenvalue weighted by Crippen LogP contribution is -2.41. The lowest BCUT2D eigenvalue weighted by molar-refractivity contribution is 0.0572. The fourth-order valence-corrected chi connectivity index (χ4v) is 1.85. The van der Waals surface area contributed by atoms with Gasteiger partial charge in [-0.1, -0.05) is 6.07 Å². The van der Waals surface area contributed by atoms with E-state index in [1.807, 2.05) is 6.92 Å². The summed E-state index contributed by atoms with van der Waals surface area (Å²) in [6, 6.07) is 3.62. The molecule has 0 aromatic heterocycles. The van der Waals surface area contributed by atoms with Gasteiger partial charge in [-0.05, 0) is 26.0 Å². The quantitative estimate of drug-likeness (QED) is 0.875. The molecule has 1 amide bonds. The zero-order chi connectivity index (χ0) is 13.7. The number of benzene rings is 1. The van der Waals surface area contributed by atoms with Crippen LogP contribution in [0, 0.1) is 5.82 Å². The van der Waals surface area contributed by atoms with E-state index in [0.717, 1.165) is 6.07 Å². The average Bonchev–Trinajstić information content (AvgIpc) is 2.30. The first-order valence-corrected chi connectivity index (χ1v) is 5.80. The van der Waals surface area contributed by atoms with Crippen molar-refractivity contribution in [3.63, 3.8) is 0 Å². The van der Waals surface area contributed by atoms with Gasteiger partial charge in [0, 0.05) is 13.7 Å². The Morgan fingerprint density at radius 3 is 2.72 bits per heavy atom. The summed E-state index contributed by atoms with van der Waals surface area (Å²) in [6.07, 6.45) is 0. The van der Waals surface area contributed by atoms with Crippen LogP contribution in [0.15, 0.2) is 18.2 Å². The Morgan fingerprint density at radius 2 is 2.22 bits per heavy atom. The van der Waals surface area contributed by atoms with E-state index in [4.69, 9.17) is 4.74 Å². The van der Waals surface area contributed by atoms with Crippen LogP contribution in [-0.2, 0) is 4.74 Å². The van der Waals surface area contributed by atoms with Crippen LogP contribution < -0.4 is 0 Å². The van der Waals surface area contributed by atoms with E-state index in [0.29, 0.717) is 13.2 Å². The first kappa shape index (κ1) is 14.4. The van der Waals surface area contributed by atoms with Crippen molar-refractivity contribution in [3.8, 4) is 5.75 Å². The molecular weight excluding hydrogens is 237 g/mol. The molecule has 1 aromatic rings. The maximum absolute atomic E-state index is 13.6. The number of ether oxygens (including phenoxy) is 1. The molecule has 100 valence electrons. The Kier molecular flexibility index (Phi) is 5.09. The summed E-state index contributed by atoms with van der Waals surface area (Å²) < 4.78 is 18.6. The number of likely N-dealkylation sites (N-methyl/N-ethyl adjacent to an activating group) is 1. The van der Waals surface area contributed by atoms with Crippen LogP contribution in [0.25, 0.3) is 0 Å². The lowest BCUT2D eigenvalue weighted by atomic mass is 10.1. The minimum absolute atomic E-state index is 0.188. The Morgan fingerprint density at radius 1 is 1.56 bits per heavy atom. The Labute approximate surface area is 106 Å². The molecule has 1 rings (SSSR count). The van der Waals surface area contributed by atoms with Crippen molar-refractivity contribution < 1.29 is 19.0 Å². The highest BCUT2D eigenvalue weighted by Crippen LogP contribution is 2.22. The molecule has 0 aliphatic rings. The Hall–Kier alpha value is -1.62. The molecule has 4 nitrogen and oxygen atoms in total. The summed E-state index contributed by atoms with van der Waals surface area (Å²) in [7, 11) is 1.54. The molecule has 18 heavy (non-hydrogen) atoms. The number of aromatic hydroxyl groups is 1. The van der Waals surface area contributed by atoms with Crippen LogP contribution in [-0.4, -0.2) is 42.2 Å². The number of carbonyl (C=O) groups excluding carboxylic acids is 1.